The molecule has 0 unspecified atom stereocenters. The molecule has 28 heavy (non-hydrogen) atoms. The summed E-state index contributed by atoms with van der Waals surface area (Å²) in [5.41, 5.74) is 3.01. The Morgan fingerprint density at radius 3 is 2.11 bits per heavy atom. The molecule has 0 bridgehead atoms. The van der Waals surface area contributed by atoms with Crippen LogP contribution in [-0.2, 0) is 10.3 Å². The molecule has 2 aromatic carbocycles. The highest BCUT2D eigenvalue weighted by Crippen LogP contribution is 2.44. The van der Waals surface area contributed by atoms with Crippen LogP contribution in [0.15, 0.2) is 30.3 Å². The highest BCUT2D eigenvalue weighted by atomic mass is 32.2. The molecule has 2 rings (SSSR count). The van der Waals surface area contributed by atoms with Crippen molar-refractivity contribution in [2.24, 2.45) is 5.14 Å². The Kier molecular flexibility index (Phi) is 6.52. The van der Waals surface area contributed by atoms with Gasteiger partial charge in [-0.3, -0.25) is 4.79 Å². The summed E-state index contributed by atoms with van der Waals surface area (Å²) >= 11 is 0. The minimum Gasteiger partial charge on any atom is -0.496 e. The summed E-state index contributed by atoms with van der Waals surface area (Å²) in [6.45, 7) is 9.07. The number of rotatable bonds is 7. The first-order chi connectivity index (χ1) is 13.0. The van der Waals surface area contributed by atoms with Gasteiger partial charge in [-0.25, -0.2) is 0 Å². The standard InChI is InChI=1S/C21H27NO5S/c1-12(2)16-11-17(15-9-7-8-10-18(15)26-6)20(14(5)23)19(13(3)4)21(16)27-28(22,24)25/h7-13H,1-6H3,(H2,22,24,25). The molecule has 0 spiro atoms. The van der Waals surface area contributed by atoms with Crippen LogP contribution >= 0.6 is 0 Å². The van der Waals surface area contributed by atoms with E-state index in [9.17, 15) is 13.2 Å². The molecule has 7 heteroatoms. The van der Waals surface area contributed by atoms with Gasteiger partial charge in [-0.15, -0.1) is 0 Å². The van der Waals surface area contributed by atoms with E-state index in [1.54, 1.807) is 13.2 Å². The number of benzene rings is 2. The zero-order chi connectivity index (χ0) is 21.2. The van der Waals surface area contributed by atoms with Gasteiger partial charge in [0.05, 0.1) is 7.11 Å². The van der Waals surface area contributed by atoms with Gasteiger partial charge < -0.3 is 8.92 Å². The number of Topliss-reactive ketones (excluding diaryl/α,β-unsaturated/α-hetero) is 1. The van der Waals surface area contributed by atoms with Crippen molar-refractivity contribution in [3.8, 4) is 22.6 Å². The lowest BCUT2D eigenvalue weighted by Gasteiger charge is -2.24. The Balaban J connectivity index is 3.04. The number of hydrogen-bond donors (Lipinski definition) is 1. The van der Waals surface area contributed by atoms with Crippen LogP contribution in [0, 0.1) is 0 Å². The summed E-state index contributed by atoms with van der Waals surface area (Å²) in [5, 5.41) is 5.17. The molecule has 0 aliphatic rings. The number of nitrogens with two attached hydrogens (primary N) is 1. The summed E-state index contributed by atoms with van der Waals surface area (Å²) in [6, 6.07) is 9.19. The molecule has 0 amide bonds. The molecule has 152 valence electrons. The predicted molar refractivity (Wildman–Crippen MR) is 110 cm³/mol. The fraction of sp³-hybridized carbons (Fsp3) is 0.381. The summed E-state index contributed by atoms with van der Waals surface area (Å²) in [6.07, 6.45) is 0. The Morgan fingerprint density at radius 2 is 1.64 bits per heavy atom. The minimum absolute atomic E-state index is 0.0660. The van der Waals surface area contributed by atoms with Gasteiger partial charge >= 0.3 is 10.3 Å². The van der Waals surface area contributed by atoms with Crippen LogP contribution in [0.5, 0.6) is 11.5 Å². The number of methoxy groups -OCH3 is 1. The molecule has 2 N–H and O–H groups in total. The van der Waals surface area contributed by atoms with Gasteiger partial charge in [-0.05, 0) is 42.0 Å². The molecule has 0 aliphatic heterocycles. The van der Waals surface area contributed by atoms with Gasteiger partial charge in [0.25, 0.3) is 0 Å². The fourth-order valence-electron chi connectivity index (χ4n) is 3.36. The number of ketones is 1. The van der Waals surface area contributed by atoms with Crippen molar-refractivity contribution in [3.05, 3.63) is 47.0 Å². The van der Waals surface area contributed by atoms with Crippen LogP contribution in [0.4, 0.5) is 0 Å². The van der Waals surface area contributed by atoms with Crippen molar-refractivity contribution >= 4 is 16.1 Å². The number of ether oxygens (including phenoxy) is 1. The van der Waals surface area contributed by atoms with Crippen LogP contribution in [0.2, 0.25) is 0 Å². The molecular weight excluding hydrogens is 378 g/mol. The zero-order valence-electron chi connectivity index (χ0n) is 17.1. The molecule has 0 heterocycles. The predicted octanol–water partition coefficient (Wildman–Crippen LogP) is 4.39. The first kappa shape index (κ1) is 21.9. The first-order valence-electron chi connectivity index (χ1n) is 9.05. The zero-order valence-corrected chi connectivity index (χ0v) is 17.9. The lowest BCUT2D eigenvalue weighted by Crippen LogP contribution is -2.22. The number of carbonyl (C=O) groups is 1. The van der Waals surface area contributed by atoms with Crippen molar-refractivity contribution in [1.29, 1.82) is 0 Å². The summed E-state index contributed by atoms with van der Waals surface area (Å²) in [5.74, 6) is 0.316. The van der Waals surface area contributed by atoms with E-state index in [4.69, 9.17) is 14.1 Å². The average Bonchev–Trinajstić information content (AvgIpc) is 2.59. The van der Waals surface area contributed by atoms with Gasteiger partial charge in [0.1, 0.15) is 5.75 Å². The molecule has 0 atom stereocenters. The number of carbonyl (C=O) groups excluding carboxylic acids is 1. The second-order valence-corrected chi connectivity index (χ2v) is 8.43. The van der Waals surface area contributed by atoms with E-state index < -0.39 is 10.3 Å². The van der Waals surface area contributed by atoms with E-state index in [-0.39, 0.29) is 23.4 Å². The smallest absolute Gasteiger partial charge is 0.380 e. The topological polar surface area (TPSA) is 95.7 Å². The highest BCUT2D eigenvalue weighted by molar-refractivity contribution is 7.84. The van der Waals surface area contributed by atoms with E-state index in [1.807, 2.05) is 52.0 Å². The van der Waals surface area contributed by atoms with Crippen molar-refractivity contribution in [3.63, 3.8) is 0 Å². The third kappa shape index (κ3) is 4.54. The monoisotopic (exact) mass is 405 g/mol. The van der Waals surface area contributed by atoms with Crippen molar-refractivity contribution < 1.29 is 22.1 Å². The minimum atomic E-state index is -4.26. The largest absolute Gasteiger partial charge is 0.496 e. The quantitative estimate of drug-likeness (QED) is 0.689. The van der Waals surface area contributed by atoms with Crippen LogP contribution < -0.4 is 14.1 Å². The first-order valence-corrected chi connectivity index (χ1v) is 10.5. The lowest BCUT2D eigenvalue weighted by molar-refractivity contribution is 0.101. The summed E-state index contributed by atoms with van der Waals surface area (Å²) in [7, 11) is -2.69. The van der Waals surface area contributed by atoms with Gasteiger partial charge in [0.15, 0.2) is 11.5 Å². The highest BCUT2D eigenvalue weighted by Gasteiger charge is 2.28. The molecule has 0 aromatic heterocycles. The molecule has 0 fully saturated rings. The average molecular weight is 406 g/mol. The molecule has 6 nitrogen and oxygen atoms in total. The Bertz CT molecular complexity index is 994. The van der Waals surface area contributed by atoms with Crippen molar-refractivity contribution in [1.82, 2.24) is 0 Å². The van der Waals surface area contributed by atoms with Crippen LogP contribution in [0.1, 0.15) is 67.9 Å². The maximum atomic E-state index is 12.7. The van der Waals surface area contributed by atoms with E-state index in [0.717, 1.165) is 5.56 Å². The fourth-order valence-corrected chi connectivity index (χ4v) is 3.77. The van der Waals surface area contributed by atoms with Gasteiger partial charge in [0.2, 0.25) is 0 Å². The second kappa shape index (κ2) is 8.32. The number of hydrogen-bond acceptors (Lipinski definition) is 5. The third-order valence-corrected chi connectivity index (χ3v) is 4.89. The Hall–Kier alpha value is -2.38. The SMILES string of the molecule is COc1ccccc1-c1cc(C(C)C)c(OS(N)(=O)=O)c(C(C)C)c1C(C)=O. The van der Waals surface area contributed by atoms with E-state index in [0.29, 0.717) is 28.0 Å². The van der Waals surface area contributed by atoms with E-state index in [2.05, 4.69) is 0 Å². The normalized spacial score (nSPS) is 11.8. The molecular formula is C21H27NO5S. The molecule has 0 saturated carbocycles. The van der Waals surface area contributed by atoms with Gasteiger partial charge in [-0.2, -0.15) is 13.6 Å². The van der Waals surface area contributed by atoms with Crippen molar-refractivity contribution in [2.45, 2.75) is 46.5 Å². The van der Waals surface area contributed by atoms with Gasteiger partial charge in [-0.1, -0.05) is 45.9 Å². The third-order valence-electron chi connectivity index (χ3n) is 4.49. The number of para-hydroxylation sites is 1. The maximum Gasteiger partial charge on any atom is 0.380 e. The lowest BCUT2D eigenvalue weighted by atomic mass is 9.83. The second-order valence-electron chi connectivity index (χ2n) is 7.27. The van der Waals surface area contributed by atoms with Crippen LogP contribution in [0.3, 0.4) is 0 Å². The Morgan fingerprint density at radius 1 is 1.04 bits per heavy atom. The van der Waals surface area contributed by atoms with Crippen LogP contribution in [0.25, 0.3) is 11.1 Å². The maximum absolute atomic E-state index is 12.7. The molecule has 0 aliphatic carbocycles. The molecule has 0 saturated heterocycles. The van der Waals surface area contributed by atoms with E-state index in [1.165, 1.54) is 6.92 Å². The molecule has 0 radical (unpaired) electrons. The van der Waals surface area contributed by atoms with E-state index >= 15 is 0 Å². The molecule has 2 aromatic rings. The van der Waals surface area contributed by atoms with Crippen LogP contribution in [-0.4, -0.2) is 21.3 Å². The summed E-state index contributed by atoms with van der Waals surface area (Å²) in [4.78, 5) is 12.7. The van der Waals surface area contributed by atoms with Gasteiger partial charge in [0, 0.05) is 16.7 Å². The van der Waals surface area contributed by atoms with Crippen molar-refractivity contribution in [2.75, 3.05) is 7.11 Å². The Labute approximate surface area is 166 Å². The summed E-state index contributed by atoms with van der Waals surface area (Å²) < 4.78 is 34.2.